The van der Waals surface area contributed by atoms with Crippen LogP contribution >= 0.6 is 0 Å². The minimum atomic E-state index is -3.84. The van der Waals surface area contributed by atoms with E-state index in [0.29, 0.717) is 17.9 Å². The molecular formula is C27H36N2O6S. The van der Waals surface area contributed by atoms with Gasteiger partial charge in [-0.15, -0.1) is 0 Å². The van der Waals surface area contributed by atoms with Crippen molar-refractivity contribution in [1.29, 1.82) is 0 Å². The standard InChI is InChI=1S/C27H36N2O6S/c1-24(2,3)35-21(30)12-14-27(16-34-22(28-27)18-9-7-6-8-10-18)23(31)29-20-15-19-11-13-26(20,25(19,4)5)17-36(29,32)33/h6-10,19-20H,11-17H2,1-5H3/t19-,20-,26-,27+/m1/s1. The molecule has 1 aromatic rings. The highest BCUT2D eigenvalue weighted by atomic mass is 32.2. The monoisotopic (exact) mass is 516 g/mol. The number of nitrogens with zero attached hydrogens (tertiary/aromatic N) is 2. The third-order valence-electron chi connectivity index (χ3n) is 8.96. The quantitative estimate of drug-likeness (QED) is 0.553. The predicted octanol–water partition coefficient (Wildman–Crippen LogP) is 3.69. The number of benzene rings is 1. The van der Waals surface area contributed by atoms with E-state index in [-0.39, 0.29) is 42.6 Å². The maximum Gasteiger partial charge on any atom is 0.306 e. The van der Waals surface area contributed by atoms with Crippen LogP contribution in [0.1, 0.15) is 72.3 Å². The second-order valence-corrected chi connectivity index (χ2v) is 14.3. The fourth-order valence-corrected chi connectivity index (χ4v) is 9.58. The first-order chi connectivity index (χ1) is 16.7. The Hall–Kier alpha value is -2.42. The van der Waals surface area contributed by atoms with E-state index in [9.17, 15) is 18.0 Å². The Bertz CT molecular complexity index is 1220. The second-order valence-electron chi connectivity index (χ2n) is 12.4. The number of hydrogen-bond donors (Lipinski definition) is 0. The first-order valence-corrected chi connectivity index (χ1v) is 14.4. The van der Waals surface area contributed by atoms with Gasteiger partial charge < -0.3 is 9.47 Å². The molecule has 4 aliphatic rings. The maximum absolute atomic E-state index is 14.3. The van der Waals surface area contributed by atoms with Gasteiger partial charge in [-0.2, -0.15) is 0 Å². The van der Waals surface area contributed by atoms with Crippen LogP contribution in [0.5, 0.6) is 0 Å². The average Bonchev–Trinajstić information content (AvgIpc) is 3.45. The molecule has 2 aliphatic heterocycles. The number of ether oxygens (including phenoxy) is 2. The van der Waals surface area contributed by atoms with Crippen molar-refractivity contribution in [3.8, 4) is 0 Å². The van der Waals surface area contributed by atoms with Gasteiger partial charge in [0.1, 0.15) is 12.2 Å². The van der Waals surface area contributed by atoms with Crippen molar-refractivity contribution in [2.75, 3.05) is 12.4 Å². The molecule has 1 spiro atoms. The van der Waals surface area contributed by atoms with Gasteiger partial charge in [0.05, 0.1) is 11.8 Å². The summed E-state index contributed by atoms with van der Waals surface area (Å²) in [6.45, 7) is 9.53. The third-order valence-corrected chi connectivity index (χ3v) is 10.9. The summed E-state index contributed by atoms with van der Waals surface area (Å²) in [5.74, 6) is -0.387. The molecule has 0 N–H and O–H groups in total. The fourth-order valence-electron chi connectivity index (χ4n) is 6.98. The summed E-state index contributed by atoms with van der Waals surface area (Å²) in [6, 6.07) is 8.83. The average molecular weight is 517 g/mol. The summed E-state index contributed by atoms with van der Waals surface area (Å²) < 4.78 is 39.7. The number of esters is 1. The molecule has 5 rings (SSSR count). The third kappa shape index (κ3) is 3.76. The van der Waals surface area contributed by atoms with Gasteiger partial charge >= 0.3 is 5.97 Å². The first kappa shape index (κ1) is 25.2. The number of amides is 1. The molecule has 8 nitrogen and oxygen atoms in total. The largest absolute Gasteiger partial charge is 0.474 e. The van der Waals surface area contributed by atoms with Crippen LogP contribution < -0.4 is 0 Å². The van der Waals surface area contributed by atoms with Gasteiger partial charge in [0, 0.05) is 17.4 Å². The Morgan fingerprint density at radius 2 is 1.89 bits per heavy atom. The highest BCUT2D eigenvalue weighted by Crippen LogP contribution is 2.70. The number of fused-ring (bicyclic) bond motifs is 1. The van der Waals surface area contributed by atoms with Gasteiger partial charge in [0.25, 0.3) is 5.91 Å². The lowest BCUT2D eigenvalue weighted by molar-refractivity contribution is -0.155. The van der Waals surface area contributed by atoms with Crippen molar-refractivity contribution in [3.05, 3.63) is 35.9 Å². The molecule has 36 heavy (non-hydrogen) atoms. The number of carbonyl (C=O) groups excluding carboxylic acids is 2. The topological polar surface area (TPSA) is 102 Å². The molecule has 2 saturated carbocycles. The predicted molar refractivity (Wildman–Crippen MR) is 135 cm³/mol. The number of carbonyl (C=O) groups is 2. The Balaban J connectivity index is 1.51. The van der Waals surface area contributed by atoms with Crippen molar-refractivity contribution in [2.24, 2.45) is 21.7 Å². The van der Waals surface area contributed by atoms with E-state index in [2.05, 4.69) is 13.8 Å². The van der Waals surface area contributed by atoms with Gasteiger partial charge in [-0.25, -0.2) is 17.7 Å². The highest BCUT2D eigenvalue weighted by Gasteiger charge is 2.73. The smallest absolute Gasteiger partial charge is 0.306 e. The zero-order chi connectivity index (χ0) is 26.1. The SMILES string of the molecule is CC(C)(C)OC(=O)CC[C@@]1(C(=O)N2[C@@H]3C[C@H]4CC[C@]3(CS2(=O)=O)C4(C)C)COC(c2ccccc2)=N1. The van der Waals surface area contributed by atoms with E-state index in [0.717, 1.165) is 17.1 Å². The zero-order valence-electron chi connectivity index (χ0n) is 21.7. The zero-order valence-corrected chi connectivity index (χ0v) is 22.6. The van der Waals surface area contributed by atoms with Crippen LogP contribution in [-0.4, -0.2) is 60.0 Å². The lowest BCUT2D eigenvalue weighted by atomic mass is 9.69. The van der Waals surface area contributed by atoms with Crippen molar-refractivity contribution in [1.82, 2.24) is 4.31 Å². The normalized spacial score (nSPS) is 33.7. The van der Waals surface area contributed by atoms with E-state index < -0.39 is 38.5 Å². The van der Waals surface area contributed by atoms with E-state index in [1.54, 1.807) is 20.8 Å². The van der Waals surface area contributed by atoms with Crippen molar-refractivity contribution < 1.29 is 27.5 Å². The lowest BCUT2D eigenvalue weighted by Gasteiger charge is -2.38. The van der Waals surface area contributed by atoms with Gasteiger partial charge in [-0.05, 0) is 69.9 Å². The molecule has 1 aromatic carbocycles. The van der Waals surface area contributed by atoms with Crippen LogP contribution in [0.3, 0.4) is 0 Å². The second kappa shape index (κ2) is 8.04. The molecule has 0 radical (unpaired) electrons. The Labute approximate surface area is 213 Å². The molecule has 3 fully saturated rings. The molecule has 4 atom stereocenters. The van der Waals surface area contributed by atoms with Crippen LogP contribution in [0.2, 0.25) is 0 Å². The molecule has 9 heteroatoms. The van der Waals surface area contributed by atoms with Crippen LogP contribution in [-0.2, 0) is 29.1 Å². The fraction of sp³-hybridized carbons (Fsp3) is 0.667. The Kier molecular flexibility index (Phi) is 5.64. The molecule has 1 saturated heterocycles. The van der Waals surface area contributed by atoms with E-state index in [1.807, 2.05) is 30.3 Å². The molecule has 2 aliphatic carbocycles. The Morgan fingerprint density at radius 3 is 2.53 bits per heavy atom. The van der Waals surface area contributed by atoms with Gasteiger partial charge in [0.2, 0.25) is 15.9 Å². The van der Waals surface area contributed by atoms with Gasteiger partial charge in [-0.3, -0.25) is 9.59 Å². The molecule has 196 valence electrons. The van der Waals surface area contributed by atoms with Crippen LogP contribution in [0.15, 0.2) is 35.3 Å². The van der Waals surface area contributed by atoms with Crippen LogP contribution in [0.25, 0.3) is 0 Å². The van der Waals surface area contributed by atoms with Gasteiger partial charge in [-0.1, -0.05) is 32.0 Å². The van der Waals surface area contributed by atoms with E-state index >= 15 is 0 Å². The Morgan fingerprint density at radius 1 is 1.19 bits per heavy atom. The summed E-state index contributed by atoms with van der Waals surface area (Å²) in [7, 11) is -3.84. The first-order valence-electron chi connectivity index (χ1n) is 12.8. The van der Waals surface area contributed by atoms with Gasteiger partial charge in [0.15, 0.2) is 5.54 Å². The summed E-state index contributed by atoms with van der Waals surface area (Å²) in [6.07, 6.45) is 2.41. The number of aliphatic imine (C=N–C) groups is 1. The minimum absolute atomic E-state index is 0.00957. The molecule has 2 bridgehead atoms. The number of sulfonamides is 1. The molecular weight excluding hydrogens is 480 g/mol. The van der Waals surface area contributed by atoms with Crippen LogP contribution in [0, 0.1) is 16.7 Å². The van der Waals surface area contributed by atoms with E-state index in [4.69, 9.17) is 14.5 Å². The van der Waals surface area contributed by atoms with Crippen molar-refractivity contribution >= 4 is 27.8 Å². The highest BCUT2D eigenvalue weighted by molar-refractivity contribution is 7.90. The molecule has 0 unspecified atom stereocenters. The molecule has 2 heterocycles. The number of rotatable bonds is 5. The van der Waals surface area contributed by atoms with Crippen LogP contribution in [0.4, 0.5) is 0 Å². The molecule has 0 aromatic heterocycles. The summed E-state index contributed by atoms with van der Waals surface area (Å²) in [5.41, 5.74) is -2.07. The summed E-state index contributed by atoms with van der Waals surface area (Å²) in [5, 5.41) is 0. The summed E-state index contributed by atoms with van der Waals surface area (Å²) in [4.78, 5) is 31.6. The summed E-state index contributed by atoms with van der Waals surface area (Å²) >= 11 is 0. The van der Waals surface area contributed by atoms with Crippen molar-refractivity contribution in [3.63, 3.8) is 0 Å². The maximum atomic E-state index is 14.3. The molecule has 1 amide bonds. The lowest BCUT2D eigenvalue weighted by Crippen LogP contribution is -2.54. The van der Waals surface area contributed by atoms with E-state index in [1.165, 1.54) is 0 Å². The minimum Gasteiger partial charge on any atom is -0.474 e. The van der Waals surface area contributed by atoms with Crippen molar-refractivity contribution in [2.45, 2.75) is 83.9 Å². The number of hydrogen-bond acceptors (Lipinski definition) is 7.